The van der Waals surface area contributed by atoms with Crippen LogP contribution >= 0.6 is 0 Å². The molecule has 0 atom stereocenters. The minimum atomic E-state index is -0.867. The zero-order chi connectivity index (χ0) is 11.5. The van der Waals surface area contributed by atoms with Crippen molar-refractivity contribution in [1.29, 1.82) is 0 Å². The number of hydrogen-bond acceptors (Lipinski definition) is 2. The molecule has 1 aliphatic rings. The van der Waals surface area contributed by atoms with Gasteiger partial charge in [-0.1, -0.05) is 6.42 Å². The molecule has 1 aliphatic carbocycles. The Morgan fingerprint density at radius 3 is 2.75 bits per heavy atom. The summed E-state index contributed by atoms with van der Waals surface area (Å²) in [7, 11) is 0. The first-order valence-electron chi connectivity index (χ1n) is 5.74. The number of carbonyl (C=O) groups is 1. The standard InChI is InChI=1S/C13H17NO2/c1-9-7-11(13(15)16)5-6-12(9)14-8-10-3-2-4-10/h5-7,10,14H,2-4,8H2,1H3,(H,15,16). The van der Waals surface area contributed by atoms with E-state index in [-0.39, 0.29) is 0 Å². The van der Waals surface area contributed by atoms with Gasteiger partial charge in [-0.05, 0) is 49.4 Å². The van der Waals surface area contributed by atoms with Crippen LogP contribution in [0.15, 0.2) is 18.2 Å². The van der Waals surface area contributed by atoms with Crippen LogP contribution < -0.4 is 5.32 Å². The van der Waals surface area contributed by atoms with E-state index in [0.717, 1.165) is 23.7 Å². The maximum absolute atomic E-state index is 10.8. The maximum atomic E-state index is 10.8. The summed E-state index contributed by atoms with van der Waals surface area (Å²) in [5.74, 6) is -0.0628. The van der Waals surface area contributed by atoms with Crippen molar-refractivity contribution in [1.82, 2.24) is 0 Å². The van der Waals surface area contributed by atoms with Gasteiger partial charge in [-0.3, -0.25) is 0 Å². The molecule has 16 heavy (non-hydrogen) atoms. The van der Waals surface area contributed by atoms with Crippen LogP contribution in [0.4, 0.5) is 5.69 Å². The first-order chi connectivity index (χ1) is 7.66. The monoisotopic (exact) mass is 219 g/mol. The molecule has 3 heteroatoms. The van der Waals surface area contributed by atoms with E-state index in [1.165, 1.54) is 19.3 Å². The molecule has 0 aromatic heterocycles. The Morgan fingerprint density at radius 2 is 2.25 bits per heavy atom. The molecule has 0 heterocycles. The average molecular weight is 219 g/mol. The van der Waals surface area contributed by atoms with E-state index in [1.54, 1.807) is 12.1 Å². The molecule has 0 aliphatic heterocycles. The summed E-state index contributed by atoms with van der Waals surface area (Å²) < 4.78 is 0. The first-order valence-corrected chi connectivity index (χ1v) is 5.74. The molecular weight excluding hydrogens is 202 g/mol. The number of benzene rings is 1. The number of hydrogen-bond donors (Lipinski definition) is 2. The van der Waals surface area contributed by atoms with Crippen LogP contribution in [-0.2, 0) is 0 Å². The average Bonchev–Trinajstić information content (AvgIpc) is 2.17. The van der Waals surface area contributed by atoms with Gasteiger partial charge in [0.15, 0.2) is 0 Å². The van der Waals surface area contributed by atoms with Gasteiger partial charge in [-0.25, -0.2) is 4.79 Å². The summed E-state index contributed by atoms with van der Waals surface area (Å²) >= 11 is 0. The Kier molecular flexibility index (Phi) is 3.13. The van der Waals surface area contributed by atoms with Crippen LogP contribution in [-0.4, -0.2) is 17.6 Å². The van der Waals surface area contributed by atoms with E-state index in [9.17, 15) is 4.79 Å². The maximum Gasteiger partial charge on any atom is 0.335 e. The summed E-state index contributed by atoms with van der Waals surface area (Å²) in [6.45, 7) is 2.95. The Hall–Kier alpha value is -1.51. The molecule has 0 amide bonds. The van der Waals surface area contributed by atoms with Crippen molar-refractivity contribution in [2.75, 3.05) is 11.9 Å². The molecule has 1 fully saturated rings. The Bertz CT molecular complexity index is 397. The summed E-state index contributed by atoms with van der Waals surface area (Å²) in [5, 5.41) is 12.2. The lowest BCUT2D eigenvalue weighted by Gasteiger charge is -2.26. The van der Waals surface area contributed by atoms with Crippen LogP contribution in [0.5, 0.6) is 0 Å². The highest BCUT2D eigenvalue weighted by Gasteiger charge is 2.17. The smallest absolute Gasteiger partial charge is 0.335 e. The molecule has 1 aromatic rings. The highest BCUT2D eigenvalue weighted by molar-refractivity contribution is 5.88. The molecule has 1 aromatic carbocycles. The second kappa shape index (κ2) is 4.56. The molecule has 0 bridgehead atoms. The zero-order valence-electron chi connectivity index (χ0n) is 9.49. The Labute approximate surface area is 95.5 Å². The molecule has 2 rings (SSSR count). The third-order valence-corrected chi connectivity index (χ3v) is 3.28. The fourth-order valence-corrected chi connectivity index (χ4v) is 1.95. The van der Waals surface area contributed by atoms with Crippen molar-refractivity contribution < 1.29 is 9.90 Å². The zero-order valence-corrected chi connectivity index (χ0v) is 9.49. The second-order valence-electron chi connectivity index (χ2n) is 4.51. The third kappa shape index (κ3) is 2.35. The Balaban J connectivity index is 2.00. The van der Waals surface area contributed by atoms with E-state index >= 15 is 0 Å². The van der Waals surface area contributed by atoms with Gasteiger partial charge in [-0.15, -0.1) is 0 Å². The fourth-order valence-electron chi connectivity index (χ4n) is 1.95. The SMILES string of the molecule is Cc1cc(C(=O)O)ccc1NCC1CCC1. The second-order valence-corrected chi connectivity index (χ2v) is 4.51. The van der Waals surface area contributed by atoms with Crippen molar-refractivity contribution in [2.24, 2.45) is 5.92 Å². The van der Waals surface area contributed by atoms with Gasteiger partial charge in [0.1, 0.15) is 0 Å². The van der Waals surface area contributed by atoms with Crippen LogP contribution in [0.1, 0.15) is 35.2 Å². The molecule has 86 valence electrons. The van der Waals surface area contributed by atoms with Gasteiger partial charge < -0.3 is 10.4 Å². The molecule has 3 nitrogen and oxygen atoms in total. The van der Waals surface area contributed by atoms with Crippen molar-refractivity contribution >= 4 is 11.7 Å². The minimum absolute atomic E-state index is 0.353. The number of aromatic carboxylic acids is 1. The van der Waals surface area contributed by atoms with E-state index in [4.69, 9.17) is 5.11 Å². The van der Waals surface area contributed by atoms with Crippen LogP contribution in [0.3, 0.4) is 0 Å². The van der Waals surface area contributed by atoms with Crippen LogP contribution in [0, 0.1) is 12.8 Å². The Morgan fingerprint density at radius 1 is 1.50 bits per heavy atom. The van der Waals surface area contributed by atoms with Crippen molar-refractivity contribution in [3.63, 3.8) is 0 Å². The number of anilines is 1. The van der Waals surface area contributed by atoms with Crippen LogP contribution in [0.2, 0.25) is 0 Å². The van der Waals surface area contributed by atoms with Gasteiger partial charge in [0.25, 0.3) is 0 Å². The molecule has 0 unspecified atom stereocenters. The molecular formula is C13H17NO2. The molecule has 1 saturated carbocycles. The first kappa shape index (κ1) is 11.0. The predicted molar refractivity (Wildman–Crippen MR) is 64.0 cm³/mol. The third-order valence-electron chi connectivity index (χ3n) is 3.28. The quantitative estimate of drug-likeness (QED) is 0.818. The number of carboxylic acids is 1. The van der Waals surface area contributed by atoms with E-state index in [2.05, 4.69) is 5.32 Å². The van der Waals surface area contributed by atoms with Crippen molar-refractivity contribution in [3.05, 3.63) is 29.3 Å². The summed E-state index contributed by atoms with van der Waals surface area (Å²) in [6.07, 6.45) is 3.99. The number of nitrogens with one attached hydrogen (secondary N) is 1. The number of carboxylic acid groups (broad SMARTS) is 1. The van der Waals surface area contributed by atoms with E-state index in [1.807, 2.05) is 13.0 Å². The topological polar surface area (TPSA) is 49.3 Å². The highest BCUT2D eigenvalue weighted by atomic mass is 16.4. The number of aryl methyl sites for hydroxylation is 1. The lowest BCUT2D eigenvalue weighted by atomic mass is 9.85. The predicted octanol–water partition coefficient (Wildman–Crippen LogP) is 2.91. The van der Waals surface area contributed by atoms with Crippen molar-refractivity contribution in [3.8, 4) is 0 Å². The molecule has 0 saturated heterocycles. The van der Waals surface area contributed by atoms with Crippen molar-refractivity contribution in [2.45, 2.75) is 26.2 Å². The van der Waals surface area contributed by atoms with Gasteiger partial charge in [-0.2, -0.15) is 0 Å². The summed E-state index contributed by atoms with van der Waals surface area (Å²) in [4.78, 5) is 10.8. The van der Waals surface area contributed by atoms with Gasteiger partial charge in [0.2, 0.25) is 0 Å². The van der Waals surface area contributed by atoms with Gasteiger partial charge in [0.05, 0.1) is 5.56 Å². The van der Waals surface area contributed by atoms with Gasteiger partial charge >= 0.3 is 5.97 Å². The van der Waals surface area contributed by atoms with E-state index < -0.39 is 5.97 Å². The van der Waals surface area contributed by atoms with Crippen LogP contribution in [0.25, 0.3) is 0 Å². The lowest BCUT2D eigenvalue weighted by Crippen LogP contribution is -2.21. The minimum Gasteiger partial charge on any atom is -0.478 e. The summed E-state index contributed by atoms with van der Waals surface area (Å²) in [5.41, 5.74) is 2.41. The largest absolute Gasteiger partial charge is 0.478 e. The fraction of sp³-hybridized carbons (Fsp3) is 0.462. The normalized spacial score (nSPS) is 15.6. The number of rotatable bonds is 4. The molecule has 0 spiro atoms. The molecule has 2 N–H and O–H groups in total. The molecule has 0 radical (unpaired) electrons. The van der Waals surface area contributed by atoms with Gasteiger partial charge in [0, 0.05) is 12.2 Å². The summed E-state index contributed by atoms with van der Waals surface area (Å²) in [6, 6.07) is 5.22. The lowest BCUT2D eigenvalue weighted by molar-refractivity contribution is 0.0697. The highest BCUT2D eigenvalue weighted by Crippen LogP contribution is 2.27. The van der Waals surface area contributed by atoms with E-state index in [0.29, 0.717) is 5.56 Å².